The summed E-state index contributed by atoms with van der Waals surface area (Å²) in [6, 6.07) is 4.90. The third-order valence-corrected chi connectivity index (χ3v) is 4.77. The van der Waals surface area contributed by atoms with Crippen molar-refractivity contribution in [1.82, 2.24) is 0 Å². The minimum absolute atomic E-state index is 0.0204. The van der Waals surface area contributed by atoms with Gasteiger partial charge in [0.15, 0.2) is 34.8 Å². The van der Waals surface area contributed by atoms with Crippen molar-refractivity contribution in [1.29, 1.82) is 0 Å². The number of furan rings is 1. The summed E-state index contributed by atoms with van der Waals surface area (Å²) in [5.41, 5.74) is -4.54. The lowest BCUT2D eigenvalue weighted by Crippen LogP contribution is -2.20. The van der Waals surface area contributed by atoms with Crippen molar-refractivity contribution in [3.63, 3.8) is 0 Å². The first-order chi connectivity index (χ1) is 15.3. The number of carbonyl (C=O) groups excluding carboxylic acids is 1. The zero-order chi connectivity index (χ0) is 24.7. The molecular weight excluding hydrogens is 530 g/mol. The second-order valence-electron chi connectivity index (χ2n) is 6.21. The molecule has 0 bridgehead atoms. The average Bonchev–Trinajstić information content (AvgIpc) is 3.17. The fourth-order valence-corrected chi connectivity index (χ4v) is 3.48. The molecule has 0 fully saturated rings. The predicted molar refractivity (Wildman–Crippen MR) is 104 cm³/mol. The molecule has 33 heavy (non-hydrogen) atoms. The molecule has 1 amide bonds. The summed E-state index contributed by atoms with van der Waals surface area (Å²) in [5, 5.41) is 1.81. The molecule has 3 aromatic rings. The molecule has 0 radical (unpaired) electrons. The second-order valence-corrected chi connectivity index (χ2v) is 7.46. The Balaban J connectivity index is 1.79. The maximum Gasteiger partial charge on any atom is 0.422 e. The van der Waals surface area contributed by atoms with Crippen LogP contribution in [0.15, 0.2) is 28.7 Å². The van der Waals surface area contributed by atoms with E-state index >= 15 is 0 Å². The Labute approximate surface area is 194 Å². The van der Waals surface area contributed by atoms with Gasteiger partial charge < -0.3 is 14.5 Å². The summed E-state index contributed by atoms with van der Waals surface area (Å²) in [5.74, 6) is -12.4. The summed E-state index contributed by atoms with van der Waals surface area (Å²) in [6.07, 6.45) is -5.72. The quantitative estimate of drug-likeness (QED) is 0.269. The first kappa shape index (κ1) is 25.0. The Kier molecular flexibility index (Phi) is 7.06. The summed E-state index contributed by atoms with van der Waals surface area (Å²) < 4.78 is 104. The number of amides is 1. The molecule has 0 aliphatic heterocycles. The van der Waals surface area contributed by atoms with Gasteiger partial charge in [0.1, 0.15) is 23.6 Å². The first-order valence-corrected chi connectivity index (χ1v) is 9.55. The van der Waals surface area contributed by atoms with Crippen molar-refractivity contribution in [3.05, 3.63) is 79.7 Å². The topological polar surface area (TPSA) is 51.5 Å². The van der Waals surface area contributed by atoms with Crippen LogP contribution in [0.4, 0.5) is 36.4 Å². The van der Waals surface area contributed by atoms with E-state index in [2.05, 4.69) is 0 Å². The van der Waals surface area contributed by atoms with Crippen molar-refractivity contribution < 1.29 is 44.7 Å². The van der Waals surface area contributed by atoms with Crippen LogP contribution < -0.4 is 10.1 Å². The maximum absolute atomic E-state index is 13.9. The predicted octanol–water partition coefficient (Wildman–Crippen LogP) is 7.65. The van der Waals surface area contributed by atoms with E-state index in [-0.39, 0.29) is 33.2 Å². The van der Waals surface area contributed by atoms with Crippen LogP contribution in [0.5, 0.6) is 5.75 Å². The van der Waals surface area contributed by atoms with Crippen LogP contribution in [-0.4, -0.2) is 5.91 Å². The first-order valence-electron chi connectivity index (χ1n) is 8.41. The zero-order valence-electron chi connectivity index (χ0n) is 15.5. The highest BCUT2D eigenvalue weighted by atomic mass is 35.5. The number of hydrogen-bond donors (Lipinski definition) is 1. The summed E-state index contributed by atoms with van der Waals surface area (Å²) in [4.78, 5) is 12.2. The van der Waals surface area contributed by atoms with Crippen LogP contribution in [0.2, 0.25) is 15.1 Å². The summed E-state index contributed by atoms with van der Waals surface area (Å²) in [7, 11) is 0. The van der Waals surface area contributed by atoms with Gasteiger partial charge >= 0.3 is 6.18 Å². The lowest BCUT2D eigenvalue weighted by molar-refractivity contribution is -0.143. The monoisotopic (exact) mass is 535 g/mol. The Morgan fingerprint density at radius 1 is 0.939 bits per heavy atom. The molecule has 0 saturated heterocycles. The van der Waals surface area contributed by atoms with Crippen molar-refractivity contribution in [3.8, 4) is 5.75 Å². The van der Waals surface area contributed by atoms with E-state index in [4.69, 9.17) is 44.0 Å². The van der Waals surface area contributed by atoms with Gasteiger partial charge in [-0.1, -0.05) is 34.8 Å². The molecule has 1 aromatic heterocycles. The standard InChI is InChI=1S/C19H7Cl3F7NO3/c20-6-3-8(21)17(9(22)4-6)32-5-7-1-2-10(33-7)18(31)30-16-14(25)12(23)11(19(27,28)29)13(24)15(16)26/h1-4H,5H2,(H,30,31). The molecule has 0 spiro atoms. The molecule has 1 heterocycles. The number of nitrogens with one attached hydrogen (secondary N) is 1. The van der Waals surface area contributed by atoms with Crippen molar-refractivity contribution in [2.75, 3.05) is 5.32 Å². The molecule has 176 valence electrons. The fourth-order valence-electron chi connectivity index (χ4n) is 2.55. The molecule has 14 heteroatoms. The number of ether oxygens (including phenoxy) is 1. The van der Waals surface area contributed by atoms with Gasteiger partial charge in [0.2, 0.25) is 0 Å². The molecule has 0 unspecified atom stereocenters. The second kappa shape index (κ2) is 9.32. The molecule has 3 rings (SSSR count). The summed E-state index contributed by atoms with van der Waals surface area (Å²) in [6.45, 7) is -0.333. The summed E-state index contributed by atoms with van der Waals surface area (Å²) >= 11 is 17.7. The van der Waals surface area contributed by atoms with Crippen molar-refractivity contribution in [2.24, 2.45) is 0 Å². The van der Waals surface area contributed by atoms with E-state index in [0.29, 0.717) is 0 Å². The van der Waals surface area contributed by atoms with Crippen LogP contribution in [0.25, 0.3) is 0 Å². The number of hydrogen-bond acceptors (Lipinski definition) is 3. The molecule has 0 saturated carbocycles. The fraction of sp³-hybridized carbons (Fsp3) is 0.105. The van der Waals surface area contributed by atoms with E-state index in [9.17, 15) is 35.5 Å². The van der Waals surface area contributed by atoms with E-state index in [0.717, 1.165) is 6.07 Å². The largest absolute Gasteiger partial charge is 0.483 e. The molecule has 4 nitrogen and oxygen atoms in total. The van der Waals surface area contributed by atoms with E-state index in [1.54, 1.807) is 0 Å². The molecule has 0 aliphatic carbocycles. The van der Waals surface area contributed by atoms with Gasteiger partial charge in [0.25, 0.3) is 5.91 Å². The van der Waals surface area contributed by atoms with E-state index in [1.165, 1.54) is 23.5 Å². The highest BCUT2D eigenvalue weighted by Crippen LogP contribution is 2.39. The molecule has 1 N–H and O–H groups in total. The smallest absolute Gasteiger partial charge is 0.422 e. The van der Waals surface area contributed by atoms with Crippen LogP contribution in [0.1, 0.15) is 21.9 Å². The molecule has 2 aromatic carbocycles. The Morgan fingerprint density at radius 2 is 1.48 bits per heavy atom. The Morgan fingerprint density at radius 3 is 2.00 bits per heavy atom. The lowest BCUT2D eigenvalue weighted by Gasteiger charge is -2.14. The zero-order valence-corrected chi connectivity index (χ0v) is 17.8. The van der Waals surface area contributed by atoms with E-state index < -0.39 is 52.4 Å². The van der Waals surface area contributed by atoms with Gasteiger partial charge in [0, 0.05) is 5.02 Å². The van der Waals surface area contributed by atoms with Gasteiger partial charge in [-0.15, -0.1) is 0 Å². The lowest BCUT2D eigenvalue weighted by atomic mass is 10.1. The van der Waals surface area contributed by atoms with Crippen LogP contribution >= 0.6 is 34.8 Å². The number of rotatable bonds is 5. The molecular formula is C19H7Cl3F7NO3. The number of halogens is 10. The van der Waals surface area contributed by atoms with Crippen molar-refractivity contribution in [2.45, 2.75) is 12.8 Å². The van der Waals surface area contributed by atoms with Crippen molar-refractivity contribution >= 4 is 46.4 Å². The van der Waals surface area contributed by atoms with E-state index in [1.807, 2.05) is 0 Å². The van der Waals surface area contributed by atoms with Gasteiger partial charge in [0.05, 0.1) is 10.0 Å². The number of carbonyl (C=O) groups is 1. The Bertz CT molecular complexity index is 1190. The van der Waals surface area contributed by atoms with Crippen LogP contribution in [-0.2, 0) is 12.8 Å². The van der Waals surface area contributed by atoms with Gasteiger partial charge in [-0.25, -0.2) is 17.6 Å². The van der Waals surface area contributed by atoms with Gasteiger partial charge in [-0.2, -0.15) is 13.2 Å². The maximum atomic E-state index is 13.9. The van der Waals surface area contributed by atoms with Gasteiger partial charge in [-0.3, -0.25) is 4.79 Å². The minimum atomic E-state index is -5.72. The number of benzene rings is 2. The highest BCUT2D eigenvalue weighted by molar-refractivity contribution is 6.40. The number of alkyl halides is 3. The molecule has 0 aliphatic rings. The third kappa shape index (κ3) is 5.15. The molecule has 0 atom stereocenters. The minimum Gasteiger partial charge on any atom is -0.483 e. The normalized spacial score (nSPS) is 11.6. The Hall–Kier alpha value is -2.63. The average molecular weight is 537 g/mol. The van der Waals surface area contributed by atoms with Crippen LogP contribution in [0, 0.1) is 23.3 Å². The van der Waals surface area contributed by atoms with Crippen LogP contribution in [0.3, 0.4) is 0 Å². The number of anilines is 1. The van der Waals surface area contributed by atoms with Gasteiger partial charge in [-0.05, 0) is 24.3 Å². The highest BCUT2D eigenvalue weighted by Gasteiger charge is 2.42. The third-order valence-electron chi connectivity index (χ3n) is 3.99. The SMILES string of the molecule is O=C(Nc1c(F)c(F)c(C(F)(F)F)c(F)c1F)c1ccc(COc2c(Cl)cc(Cl)cc2Cl)o1.